The van der Waals surface area contributed by atoms with Gasteiger partial charge in [-0.05, 0) is 29.8 Å². The third-order valence-corrected chi connectivity index (χ3v) is 5.33. The molecule has 0 saturated heterocycles. The first-order chi connectivity index (χ1) is 14.1. The van der Waals surface area contributed by atoms with E-state index in [1.165, 1.54) is 23.5 Å². The van der Waals surface area contributed by atoms with E-state index in [1.807, 2.05) is 24.3 Å². The Balaban J connectivity index is 1.35. The molecule has 0 saturated carbocycles. The van der Waals surface area contributed by atoms with Crippen LogP contribution in [-0.4, -0.2) is 29.8 Å². The summed E-state index contributed by atoms with van der Waals surface area (Å²) in [5, 5.41) is 7.19. The van der Waals surface area contributed by atoms with Gasteiger partial charge in [-0.3, -0.25) is 10.1 Å². The van der Waals surface area contributed by atoms with E-state index in [9.17, 15) is 9.18 Å². The van der Waals surface area contributed by atoms with Crippen LogP contribution in [-0.2, 0) is 16.1 Å². The summed E-state index contributed by atoms with van der Waals surface area (Å²) in [6, 6.07) is 13.9. The number of benzene rings is 2. The number of methoxy groups -OCH3 is 1. The highest BCUT2D eigenvalue weighted by molar-refractivity contribution is 7.15. The van der Waals surface area contributed by atoms with Crippen molar-refractivity contribution in [2.24, 2.45) is 5.16 Å². The molecule has 1 amide bonds. The van der Waals surface area contributed by atoms with E-state index >= 15 is 0 Å². The van der Waals surface area contributed by atoms with Crippen molar-refractivity contribution in [3.8, 4) is 5.75 Å². The predicted molar refractivity (Wildman–Crippen MR) is 109 cm³/mol. The first kappa shape index (κ1) is 19.1. The van der Waals surface area contributed by atoms with E-state index in [4.69, 9.17) is 9.57 Å². The van der Waals surface area contributed by atoms with Crippen LogP contribution in [0, 0.1) is 5.82 Å². The highest BCUT2D eigenvalue weighted by atomic mass is 32.1. The number of anilines is 1. The number of carbonyl (C=O) groups is 1. The topological polar surface area (TPSA) is 72.8 Å². The van der Waals surface area contributed by atoms with E-state index in [2.05, 4.69) is 15.5 Å². The number of thiazole rings is 1. The second-order valence-corrected chi connectivity index (χ2v) is 7.61. The zero-order valence-corrected chi connectivity index (χ0v) is 16.4. The van der Waals surface area contributed by atoms with Crippen LogP contribution in [0.2, 0.25) is 0 Å². The van der Waals surface area contributed by atoms with Gasteiger partial charge in [0, 0.05) is 29.5 Å². The van der Waals surface area contributed by atoms with Gasteiger partial charge in [0.05, 0.1) is 12.8 Å². The Labute approximate surface area is 171 Å². The molecule has 0 radical (unpaired) electrons. The zero-order valence-electron chi connectivity index (χ0n) is 15.6. The maximum atomic E-state index is 13.4. The number of oxime groups is 1. The highest BCUT2D eigenvalue weighted by Crippen LogP contribution is 2.24. The molecule has 2 aromatic carbocycles. The van der Waals surface area contributed by atoms with Crippen LogP contribution in [0.25, 0.3) is 0 Å². The smallest absolute Gasteiger partial charge is 0.270 e. The molecule has 1 aliphatic rings. The maximum Gasteiger partial charge on any atom is 0.270 e. The third kappa shape index (κ3) is 4.60. The van der Waals surface area contributed by atoms with Crippen molar-refractivity contribution in [2.75, 3.05) is 12.4 Å². The van der Waals surface area contributed by atoms with E-state index in [1.54, 1.807) is 25.4 Å². The average Bonchev–Trinajstić information content (AvgIpc) is 3.38. The van der Waals surface area contributed by atoms with Crippen LogP contribution in [0.1, 0.15) is 22.4 Å². The van der Waals surface area contributed by atoms with Gasteiger partial charge < -0.3 is 9.57 Å². The lowest BCUT2D eigenvalue weighted by Gasteiger charge is -2.07. The van der Waals surface area contributed by atoms with Crippen molar-refractivity contribution in [1.29, 1.82) is 0 Å². The Morgan fingerprint density at radius 1 is 1.31 bits per heavy atom. The highest BCUT2D eigenvalue weighted by Gasteiger charge is 2.29. The molecular weight excluding hydrogens is 393 g/mol. The van der Waals surface area contributed by atoms with Crippen molar-refractivity contribution in [3.05, 3.63) is 76.5 Å². The molecule has 1 N–H and O–H groups in total. The lowest BCUT2D eigenvalue weighted by atomic mass is 10.0. The fourth-order valence-electron chi connectivity index (χ4n) is 2.97. The molecule has 1 atom stereocenters. The molecule has 3 aromatic rings. The number of nitrogens with zero attached hydrogens (tertiary/aromatic N) is 2. The van der Waals surface area contributed by atoms with Gasteiger partial charge in [-0.25, -0.2) is 9.37 Å². The minimum absolute atomic E-state index is 0.275. The largest absolute Gasteiger partial charge is 0.497 e. The number of carbonyl (C=O) groups excluding carboxylic acids is 1. The van der Waals surface area contributed by atoms with Crippen LogP contribution >= 0.6 is 11.3 Å². The Kier molecular flexibility index (Phi) is 5.53. The SMILES string of the molecule is COc1cccc(Cc2cnc(NC(=O)C3CC(c4cccc(F)c4)=NO3)s2)c1. The third-order valence-electron chi connectivity index (χ3n) is 4.42. The van der Waals surface area contributed by atoms with Gasteiger partial charge in [-0.1, -0.05) is 29.4 Å². The first-order valence-electron chi connectivity index (χ1n) is 8.98. The molecular formula is C21H18FN3O3S. The summed E-state index contributed by atoms with van der Waals surface area (Å²) in [5.74, 6) is 0.111. The summed E-state index contributed by atoms with van der Waals surface area (Å²) in [6.07, 6.45) is 1.94. The van der Waals surface area contributed by atoms with Crippen molar-refractivity contribution < 1.29 is 18.8 Å². The predicted octanol–water partition coefficient (Wildman–Crippen LogP) is 4.01. The number of ether oxygens (including phenoxy) is 1. The molecule has 1 aromatic heterocycles. The summed E-state index contributed by atoms with van der Waals surface area (Å²) in [4.78, 5) is 23.0. The van der Waals surface area contributed by atoms with Crippen molar-refractivity contribution in [3.63, 3.8) is 0 Å². The molecule has 8 heteroatoms. The second kappa shape index (κ2) is 8.40. The molecule has 148 valence electrons. The van der Waals surface area contributed by atoms with Crippen LogP contribution < -0.4 is 10.1 Å². The molecule has 1 unspecified atom stereocenters. The van der Waals surface area contributed by atoms with Gasteiger partial charge in [0.25, 0.3) is 5.91 Å². The molecule has 4 rings (SSSR count). The van der Waals surface area contributed by atoms with Crippen molar-refractivity contribution in [2.45, 2.75) is 18.9 Å². The second-order valence-electron chi connectivity index (χ2n) is 6.50. The minimum Gasteiger partial charge on any atom is -0.497 e. The zero-order chi connectivity index (χ0) is 20.2. The average molecular weight is 411 g/mol. The van der Waals surface area contributed by atoms with Crippen LogP contribution in [0.5, 0.6) is 5.75 Å². The van der Waals surface area contributed by atoms with Gasteiger partial charge in [0.1, 0.15) is 11.6 Å². The molecule has 6 nitrogen and oxygen atoms in total. The number of nitrogens with one attached hydrogen (secondary N) is 1. The van der Waals surface area contributed by atoms with E-state index in [0.717, 1.165) is 16.2 Å². The van der Waals surface area contributed by atoms with Gasteiger partial charge in [0.15, 0.2) is 5.13 Å². The van der Waals surface area contributed by atoms with Crippen molar-refractivity contribution >= 4 is 28.1 Å². The van der Waals surface area contributed by atoms with Gasteiger partial charge in [-0.15, -0.1) is 11.3 Å². The standard InChI is InChI=1S/C21H18FN3O3S/c1-27-16-7-2-4-13(8-16)9-17-12-23-21(29-17)24-20(26)19-11-18(25-28-19)14-5-3-6-15(22)10-14/h2-8,10,12,19H,9,11H2,1H3,(H,23,24,26). The van der Waals surface area contributed by atoms with Gasteiger partial charge in [0.2, 0.25) is 6.10 Å². The fraction of sp³-hybridized carbons (Fsp3) is 0.190. The molecule has 0 fully saturated rings. The Morgan fingerprint density at radius 2 is 2.17 bits per heavy atom. The Bertz CT molecular complexity index is 1070. The first-order valence-corrected chi connectivity index (χ1v) is 9.79. The number of amides is 1. The number of rotatable bonds is 6. The molecule has 0 bridgehead atoms. The molecule has 0 spiro atoms. The van der Waals surface area contributed by atoms with Crippen molar-refractivity contribution in [1.82, 2.24) is 4.98 Å². The fourth-order valence-corrected chi connectivity index (χ4v) is 3.82. The summed E-state index contributed by atoms with van der Waals surface area (Å²) in [7, 11) is 1.63. The van der Waals surface area contributed by atoms with E-state index < -0.39 is 6.10 Å². The quantitative estimate of drug-likeness (QED) is 0.665. The molecule has 29 heavy (non-hydrogen) atoms. The molecule has 1 aliphatic heterocycles. The number of hydrogen-bond donors (Lipinski definition) is 1. The molecule has 2 heterocycles. The summed E-state index contributed by atoms with van der Waals surface area (Å²) in [5.41, 5.74) is 2.25. The lowest BCUT2D eigenvalue weighted by molar-refractivity contribution is -0.125. The van der Waals surface area contributed by atoms with E-state index in [-0.39, 0.29) is 18.1 Å². The number of aromatic nitrogens is 1. The summed E-state index contributed by atoms with van der Waals surface area (Å²) < 4.78 is 18.6. The van der Waals surface area contributed by atoms with Crippen LogP contribution in [0.15, 0.2) is 59.9 Å². The van der Waals surface area contributed by atoms with E-state index in [0.29, 0.717) is 22.8 Å². The molecule has 0 aliphatic carbocycles. The Morgan fingerprint density at radius 3 is 3.00 bits per heavy atom. The number of halogens is 1. The monoisotopic (exact) mass is 411 g/mol. The normalized spacial score (nSPS) is 15.5. The minimum atomic E-state index is -0.765. The summed E-state index contributed by atoms with van der Waals surface area (Å²) >= 11 is 1.40. The van der Waals surface area contributed by atoms with Crippen LogP contribution in [0.4, 0.5) is 9.52 Å². The lowest BCUT2D eigenvalue weighted by Crippen LogP contribution is -2.27. The Hall–Kier alpha value is -3.26. The van der Waals surface area contributed by atoms with Crippen LogP contribution in [0.3, 0.4) is 0 Å². The van der Waals surface area contributed by atoms with Gasteiger partial charge >= 0.3 is 0 Å². The summed E-state index contributed by atoms with van der Waals surface area (Å²) in [6.45, 7) is 0. The number of hydrogen-bond acceptors (Lipinski definition) is 6. The maximum absolute atomic E-state index is 13.4. The van der Waals surface area contributed by atoms with Gasteiger partial charge in [-0.2, -0.15) is 0 Å².